The Balaban J connectivity index is 2.05. The minimum Gasteiger partial charge on any atom is -0.383 e. The first kappa shape index (κ1) is 12.8. The fourth-order valence-corrected chi connectivity index (χ4v) is 3.41. The van der Waals surface area contributed by atoms with Crippen LogP contribution in [0.2, 0.25) is 0 Å². The van der Waals surface area contributed by atoms with Crippen LogP contribution in [0.15, 0.2) is 0 Å². The number of nitrogens with zero attached hydrogens (tertiary/aromatic N) is 1. The summed E-state index contributed by atoms with van der Waals surface area (Å²) in [5.74, 6) is 5.90. The van der Waals surface area contributed by atoms with E-state index in [9.17, 15) is 4.79 Å². The van der Waals surface area contributed by atoms with E-state index >= 15 is 0 Å². The van der Waals surface area contributed by atoms with Crippen LogP contribution in [0.4, 0.5) is 0 Å². The minimum absolute atomic E-state index is 0.127. The van der Waals surface area contributed by atoms with Gasteiger partial charge in [-0.25, -0.2) is 5.84 Å². The van der Waals surface area contributed by atoms with Crippen LogP contribution >= 0.6 is 0 Å². The SMILES string of the molecule is COCC(C(=O)NN)N1CCC2CCCCC21. The standard InChI is InChI=1S/C12H23N3O2/c1-17-8-11(12(16)14-13)15-7-6-9-4-2-3-5-10(9)15/h9-11H,2-8,13H2,1H3,(H,14,16). The molecule has 1 aliphatic carbocycles. The number of nitrogens with one attached hydrogen (secondary N) is 1. The van der Waals surface area contributed by atoms with Gasteiger partial charge < -0.3 is 4.74 Å². The molecule has 1 saturated carbocycles. The summed E-state index contributed by atoms with van der Waals surface area (Å²) in [5.41, 5.74) is 2.26. The van der Waals surface area contributed by atoms with Crippen LogP contribution in [0.1, 0.15) is 32.1 Å². The number of likely N-dealkylation sites (tertiary alicyclic amines) is 1. The highest BCUT2D eigenvalue weighted by atomic mass is 16.5. The molecule has 3 N–H and O–H groups in total. The van der Waals surface area contributed by atoms with Gasteiger partial charge in [-0.15, -0.1) is 0 Å². The van der Waals surface area contributed by atoms with Crippen molar-refractivity contribution in [2.24, 2.45) is 11.8 Å². The maximum Gasteiger partial charge on any atom is 0.253 e. The van der Waals surface area contributed by atoms with Crippen LogP contribution in [0, 0.1) is 5.92 Å². The molecule has 0 aromatic rings. The van der Waals surface area contributed by atoms with Gasteiger partial charge in [0.15, 0.2) is 0 Å². The summed E-state index contributed by atoms with van der Waals surface area (Å²) >= 11 is 0. The topological polar surface area (TPSA) is 67.6 Å². The maximum absolute atomic E-state index is 11.8. The summed E-state index contributed by atoms with van der Waals surface area (Å²) in [6.07, 6.45) is 6.35. The van der Waals surface area contributed by atoms with Crippen molar-refractivity contribution >= 4 is 5.91 Å². The van der Waals surface area contributed by atoms with E-state index in [2.05, 4.69) is 10.3 Å². The average molecular weight is 241 g/mol. The zero-order valence-electron chi connectivity index (χ0n) is 10.5. The van der Waals surface area contributed by atoms with Crippen molar-refractivity contribution in [3.63, 3.8) is 0 Å². The van der Waals surface area contributed by atoms with Crippen LogP contribution in [-0.4, -0.2) is 43.2 Å². The number of carbonyl (C=O) groups excluding carboxylic acids is 1. The molecule has 0 bridgehead atoms. The number of methoxy groups -OCH3 is 1. The molecule has 98 valence electrons. The minimum atomic E-state index is -0.224. The molecular formula is C12H23N3O2. The van der Waals surface area contributed by atoms with E-state index in [4.69, 9.17) is 10.6 Å². The normalized spacial score (nSPS) is 30.9. The summed E-state index contributed by atoms with van der Waals surface area (Å²) < 4.78 is 5.16. The second kappa shape index (κ2) is 5.80. The Morgan fingerprint density at radius 3 is 2.94 bits per heavy atom. The van der Waals surface area contributed by atoms with Gasteiger partial charge in [0.05, 0.1) is 6.61 Å². The van der Waals surface area contributed by atoms with Crippen LogP contribution < -0.4 is 11.3 Å². The number of nitrogens with two attached hydrogens (primary N) is 1. The summed E-state index contributed by atoms with van der Waals surface area (Å²) in [5, 5.41) is 0. The molecule has 0 aromatic carbocycles. The number of hydrazine groups is 1. The van der Waals surface area contributed by atoms with Gasteiger partial charge in [-0.05, 0) is 31.7 Å². The van der Waals surface area contributed by atoms with Crippen LogP contribution in [-0.2, 0) is 9.53 Å². The van der Waals surface area contributed by atoms with Gasteiger partial charge in [-0.1, -0.05) is 12.8 Å². The highest BCUT2D eigenvalue weighted by molar-refractivity contribution is 5.81. The molecule has 1 heterocycles. The second-order valence-corrected chi connectivity index (χ2v) is 5.12. The molecule has 2 aliphatic rings. The van der Waals surface area contributed by atoms with E-state index < -0.39 is 0 Å². The number of hydrogen-bond donors (Lipinski definition) is 2. The predicted molar refractivity (Wildman–Crippen MR) is 65.1 cm³/mol. The van der Waals surface area contributed by atoms with Gasteiger partial charge >= 0.3 is 0 Å². The van der Waals surface area contributed by atoms with Crippen molar-refractivity contribution in [3.8, 4) is 0 Å². The second-order valence-electron chi connectivity index (χ2n) is 5.12. The van der Waals surface area contributed by atoms with Gasteiger partial charge in [0, 0.05) is 13.2 Å². The largest absolute Gasteiger partial charge is 0.383 e. The maximum atomic E-state index is 11.8. The number of ether oxygens (including phenoxy) is 1. The lowest BCUT2D eigenvalue weighted by molar-refractivity contribution is -0.129. The van der Waals surface area contributed by atoms with Crippen molar-refractivity contribution in [2.45, 2.75) is 44.2 Å². The Morgan fingerprint density at radius 2 is 2.24 bits per heavy atom. The smallest absolute Gasteiger partial charge is 0.253 e. The molecule has 0 aromatic heterocycles. The molecule has 1 aliphatic heterocycles. The monoisotopic (exact) mass is 241 g/mol. The van der Waals surface area contributed by atoms with E-state index in [1.807, 2.05) is 0 Å². The number of rotatable bonds is 4. The number of fused-ring (bicyclic) bond motifs is 1. The Hall–Kier alpha value is -0.650. The zero-order chi connectivity index (χ0) is 12.3. The number of carbonyl (C=O) groups is 1. The van der Waals surface area contributed by atoms with Crippen LogP contribution in [0.5, 0.6) is 0 Å². The molecule has 17 heavy (non-hydrogen) atoms. The molecule has 1 saturated heterocycles. The molecule has 0 spiro atoms. The highest BCUT2D eigenvalue weighted by Crippen LogP contribution is 2.37. The quantitative estimate of drug-likeness (QED) is 0.421. The molecule has 1 amide bonds. The third kappa shape index (κ3) is 2.61. The third-order valence-corrected chi connectivity index (χ3v) is 4.22. The summed E-state index contributed by atoms with van der Waals surface area (Å²) in [6, 6.07) is 0.333. The fraction of sp³-hybridized carbons (Fsp3) is 0.917. The molecule has 3 unspecified atom stereocenters. The Morgan fingerprint density at radius 1 is 1.47 bits per heavy atom. The van der Waals surface area contributed by atoms with Gasteiger partial charge in [-0.2, -0.15) is 0 Å². The number of hydrogen-bond acceptors (Lipinski definition) is 4. The van der Waals surface area contributed by atoms with Gasteiger partial charge in [0.2, 0.25) is 0 Å². The van der Waals surface area contributed by atoms with Crippen LogP contribution in [0.3, 0.4) is 0 Å². The first-order valence-corrected chi connectivity index (χ1v) is 6.53. The van der Waals surface area contributed by atoms with Crippen molar-refractivity contribution in [1.29, 1.82) is 0 Å². The molecule has 5 heteroatoms. The molecular weight excluding hydrogens is 218 g/mol. The van der Waals surface area contributed by atoms with E-state index in [1.165, 1.54) is 32.1 Å². The predicted octanol–water partition coefficient (Wildman–Crippen LogP) is 0.256. The summed E-state index contributed by atoms with van der Waals surface area (Å²) in [4.78, 5) is 14.1. The molecule has 2 rings (SSSR count). The lowest BCUT2D eigenvalue weighted by Crippen LogP contribution is -2.53. The Labute approximate surface area is 103 Å². The summed E-state index contributed by atoms with van der Waals surface area (Å²) in [6.45, 7) is 1.42. The zero-order valence-corrected chi connectivity index (χ0v) is 10.5. The van der Waals surface area contributed by atoms with Crippen molar-refractivity contribution in [3.05, 3.63) is 0 Å². The van der Waals surface area contributed by atoms with Gasteiger partial charge in [-0.3, -0.25) is 15.1 Å². The van der Waals surface area contributed by atoms with E-state index in [-0.39, 0.29) is 11.9 Å². The fourth-order valence-electron chi connectivity index (χ4n) is 3.41. The van der Waals surface area contributed by atoms with Gasteiger partial charge in [0.1, 0.15) is 6.04 Å². The Kier molecular flexibility index (Phi) is 4.36. The Bertz CT molecular complexity index is 272. The molecule has 0 radical (unpaired) electrons. The lowest BCUT2D eigenvalue weighted by Gasteiger charge is -2.35. The van der Waals surface area contributed by atoms with E-state index in [0.29, 0.717) is 12.6 Å². The van der Waals surface area contributed by atoms with Crippen molar-refractivity contribution in [1.82, 2.24) is 10.3 Å². The average Bonchev–Trinajstić information content (AvgIpc) is 2.79. The molecule has 3 atom stereocenters. The third-order valence-electron chi connectivity index (χ3n) is 4.22. The van der Waals surface area contributed by atoms with Crippen molar-refractivity contribution in [2.75, 3.05) is 20.3 Å². The molecule has 5 nitrogen and oxygen atoms in total. The first-order chi connectivity index (χ1) is 8.27. The highest BCUT2D eigenvalue weighted by Gasteiger charge is 2.41. The molecule has 2 fully saturated rings. The van der Waals surface area contributed by atoms with Crippen molar-refractivity contribution < 1.29 is 9.53 Å². The number of amides is 1. The van der Waals surface area contributed by atoms with Crippen LogP contribution in [0.25, 0.3) is 0 Å². The van der Waals surface area contributed by atoms with E-state index in [1.54, 1.807) is 7.11 Å². The lowest BCUT2D eigenvalue weighted by atomic mass is 9.85. The summed E-state index contributed by atoms with van der Waals surface area (Å²) in [7, 11) is 1.63. The van der Waals surface area contributed by atoms with Gasteiger partial charge in [0.25, 0.3) is 5.91 Å². The van der Waals surface area contributed by atoms with E-state index in [0.717, 1.165) is 12.5 Å². The first-order valence-electron chi connectivity index (χ1n) is 6.53.